The van der Waals surface area contributed by atoms with E-state index in [1.165, 1.54) is 126 Å². The van der Waals surface area contributed by atoms with Gasteiger partial charge in [-0.15, -0.1) is 0 Å². The van der Waals surface area contributed by atoms with E-state index in [0.717, 1.165) is 45.0 Å². The largest absolute Gasteiger partial charge is 0.260 e. The Kier molecular flexibility index (Phi) is 70.0. The van der Waals surface area contributed by atoms with Gasteiger partial charge in [-0.25, -0.2) is 0 Å². The van der Waals surface area contributed by atoms with E-state index in [-0.39, 0.29) is 0 Å². The molecule has 0 fully saturated rings. The van der Waals surface area contributed by atoms with E-state index in [1.54, 1.807) is 0 Å². The molecule has 8 heterocycles. The van der Waals surface area contributed by atoms with Crippen LogP contribution in [0.2, 0.25) is 0 Å². The smallest absolute Gasteiger partial charge is 0.0736 e. The highest BCUT2D eigenvalue weighted by Gasteiger charge is 2.15. The third-order valence-electron chi connectivity index (χ3n) is 23.2. The van der Waals surface area contributed by atoms with Gasteiger partial charge in [0.05, 0.1) is 44.3 Å². The highest BCUT2D eigenvalue weighted by molar-refractivity contribution is 5.89. The van der Waals surface area contributed by atoms with Crippen LogP contribution in [0.1, 0.15) is 397 Å². The number of aliphatic imine (C=N–C) groups is 1. The molecule has 0 aliphatic carbocycles. The number of hydrogen-bond acceptors (Lipinski definition) is 8. The molecule has 8 nitrogen and oxygen atoms in total. The fourth-order valence-electron chi connectivity index (χ4n) is 15.5. The Morgan fingerprint density at radius 3 is 1.06 bits per heavy atom. The third-order valence-corrected chi connectivity index (χ3v) is 23.2. The molecule has 0 unspecified atom stereocenters. The van der Waals surface area contributed by atoms with Crippen LogP contribution in [-0.2, 0) is 6.42 Å². The van der Waals surface area contributed by atoms with Gasteiger partial charge in [-0.3, -0.25) is 39.9 Å². The summed E-state index contributed by atoms with van der Waals surface area (Å²) in [7, 11) is 0. The van der Waals surface area contributed by atoms with Crippen LogP contribution in [0.3, 0.4) is 0 Å². The van der Waals surface area contributed by atoms with Gasteiger partial charge < -0.3 is 0 Å². The van der Waals surface area contributed by atoms with Gasteiger partial charge in [0.25, 0.3) is 0 Å². The topological polar surface area (TPSA) is 103 Å². The van der Waals surface area contributed by atoms with E-state index in [2.05, 4.69) is 439 Å². The van der Waals surface area contributed by atoms with Crippen molar-refractivity contribution < 1.29 is 0 Å². The molecule has 1 aliphatic rings. The van der Waals surface area contributed by atoms with Crippen molar-refractivity contribution in [1.82, 2.24) is 34.9 Å². The summed E-state index contributed by atoms with van der Waals surface area (Å²) in [6.07, 6.45) is 14.2. The predicted molar refractivity (Wildman–Crippen MR) is 673 cm³/mol. The van der Waals surface area contributed by atoms with Gasteiger partial charge >= 0.3 is 0 Å². The van der Waals surface area contributed by atoms with Crippen LogP contribution >= 0.6 is 0 Å². The number of pyridine rings is 7. The lowest BCUT2D eigenvalue weighted by molar-refractivity contribution is 0.830. The average Bonchev–Trinajstić information content (AvgIpc) is 1.82. The minimum atomic E-state index is 0.504. The first kappa shape index (κ1) is 134. The Labute approximate surface area is 906 Å². The van der Waals surface area contributed by atoms with Gasteiger partial charge in [0.2, 0.25) is 0 Å². The Hall–Kier alpha value is -13.3. The van der Waals surface area contributed by atoms with Crippen molar-refractivity contribution in [3.05, 3.63) is 420 Å². The molecule has 8 heteroatoms. The molecule has 1 aliphatic heterocycles. The summed E-state index contributed by atoms with van der Waals surface area (Å²) >= 11 is 0. The summed E-state index contributed by atoms with van der Waals surface area (Å²) in [5, 5.41) is 14.1. The number of nitrogens with zero attached hydrogens (tertiary/aromatic N) is 8. The van der Waals surface area contributed by atoms with Gasteiger partial charge in [-0.05, 0) is 221 Å². The zero-order chi connectivity index (χ0) is 112. The van der Waals surface area contributed by atoms with E-state index in [9.17, 15) is 0 Å². The van der Waals surface area contributed by atoms with Crippen LogP contribution in [0.15, 0.2) is 364 Å². The Bertz CT molecular complexity index is 5930. The van der Waals surface area contributed by atoms with Gasteiger partial charge in [0, 0.05) is 93.2 Å². The molecule has 0 saturated heterocycles. The van der Waals surface area contributed by atoms with Crippen LogP contribution < -0.4 is 0 Å². The number of hydrogen-bond donors (Lipinski definition) is 0. The molecule has 19 aromatic rings. The second kappa shape index (κ2) is 78.0. The van der Waals surface area contributed by atoms with Gasteiger partial charge in [0.1, 0.15) is 0 Å². The SMILES string of the molecule is CC.CC.CC.CC.CC.CC.CC.CC.CC.CC.CC(C)c1ccc2ccccc2c1.CC(C)c1ccc2ccccc2n1.CC(C)c1ccc2cccnc2c1.CC(C)c1ccc2ncccc2c1.CC(C)c1cccc2c1N=CC2.CC(C)c1cccc2ccccc12.CC(C)c1cccc2cccnc12.CC(C)c1cccc2ncccc12.CC(C)c1ccnc2ccccc12.CC(C)c1cnc2ccccc2c1. The Morgan fingerprint density at radius 2 is 0.517 bits per heavy atom. The summed E-state index contributed by atoms with van der Waals surface area (Å²) in [6, 6.07) is 112. The standard InChI is InChI=1S/2C13H14.7C12H13N.C11H13N.10C2H6/c1-10(2)12-9-5-7-11-6-3-4-8-13(11)12;1-10(2)12-8-7-11-5-3-4-6-13(11)9-12;1-9(2)10-5-3-7-12-11(10)6-4-8-13-12;1-9(2)11-7-3-5-10-6-4-8-13-12(10)11;1-9(2)10-5-6-12-11(8-10)4-3-7-13-12;1-9(2)11-6-5-10-4-3-7-13-12(10)8-11;1-9(2)11-7-10-5-3-4-6-12(10)13-8-11;1-9(2)10-7-8-13-12-6-4-3-5-11(10)12;1-9(2)11-8-7-10-5-3-4-6-12(10)13-11;1-8(2)10-5-3-4-9-6-7-12-11(9)10;10*1-2/h2*3-10H,1-2H3;7*3-9H,1-2H3;3-5,7-8H,6H2,1-2H3;10*1-2H3. The molecule has 0 radical (unpaired) electrons. The first-order chi connectivity index (χ1) is 72.3. The molecule has 149 heavy (non-hydrogen) atoms. The number of para-hydroxylation sites is 5. The van der Waals surface area contributed by atoms with E-state index in [4.69, 9.17) is 0 Å². The van der Waals surface area contributed by atoms with Gasteiger partial charge in [-0.1, -0.05) is 514 Å². The Balaban J connectivity index is 0.000000812. The molecule has 0 atom stereocenters. The number of benzene rings is 12. The van der Waals surface area contributed by atoms with Crippen molar-refractivity contribution >= 4 is 110 Å². The summed E-state index contributed by atoms with van der Waals surface area (Å²) < 4.78 is 0. The lowest BCUT2D eigenvalue weighted by Gasteiger charge is -2.08. The fourth-order valence-corrected chi connectivity index (χ4v) is 15.5. The van der Waals surface area contributed by atoms with Crippen molar-refractivity contribution in [2.75, 3.05) is 0 Å². The highest BCUT2D eigenvalue weighted by Crippen LogP contribution is 2.35. The van der Waals surface area contributed by atoms with E-state index in [0.29, 0.717) is 59.2 Å². The minimum Gasteiger partial charge on any atom is -0.260 e. The quantitative estimate of drug-likeness (QED) is 0.134. The molecule has 20 rings (SSSR count). The maximum Gasteiger partial charge on any atom is 0.0736 e. The van der Waals surface area contributed by atoms with E-state index in [1.807, 2.05) is 243 Å². The summed E-state index contributed by atoms with van der Waals surface area (Å²) in [5.74, 6) is 5.68. The summed E-state index contributed by atoms with van der Waals surface area (Å²) in [4.78, 5) is 35.0. The van der Waals surface area contributed by atoms with Crippen molar-refractivity contribution in [1.29, 1.82) is 0 Å². The summed E-state index contributed by atoms with van der Waals surface area (Å²) in [5.41, 5.74) is 23.8. The van der Waals surface area contributed by atoms with Crippen molar-refractivity contribution in [2.45, 2.75) is 343 Å². The first-order valence-electron chi connectivity index (χ1n) is 56.3. The second-order valence-corrected chi connectivity index (χ2v) is 36.2. The maximum absolute atomic E-state index is 4.57. The zero-order valence-electron chi connectivity index (χ0n) is 99.7. The Morgan fingerprint density at radius 1 is 0.188 bits per heavy atom. The normalized spacial score (nSPS) is 10.2. The highest BCUT2D eigenvalue weighted by atomic mass is 14.8. The fraction of sp³-hybridized carbons (Fsp3) is 0.362. The monoisotopic (exact) mass is 2000 g/mol. The van der Waals surface area contributed by atoms with Crippen molar-refractivity contribution in [3.8, 4) is 0 Å². The van der Waals surface area contributed by atoms with Crippen LogP contribution in [0, 0.1) is 0 Å². The van der Waals surface area contributed by atoms with Crippen molar-refractivity contribution in [3.63, 3.8) is 0 Å². The van der Waals surface area contributed by atoms with Gasteiger partial charge in [-0.2, -0.15) is 0 Å². The summed E-state index contributed by atoms with van der Waals surface area (Å²) in [6.45, 7) is 84.1. The molecular weight excluding hydrogens is 1810 g/mol. The molecule has 0 saturated carbocycles. The minimum absolute atomic E-state index is 0.504. The lowest BCUT2D eigenvalue weighted by atomic mass is 9.96. The van der Waals surface area contributed by atoms with Crippen LogP contribution in [0.5, 0.6) is 0 Å². The van der Waals surface area contributed by atoms with Crippen molar-refractivity contribution in [2.24, 2.45) is 4.99 Å². The first-order valence-corrected chi connectivity index (χ1v) is 56.3. The number of aromatic nitrogens is 7. The van der Waals surface area contributed by atoms with Crippen LogP contribution in [-0.4, -0.2) is 41.1 Å². The van der Waals surface area contributed by atoms with Gasteiger partial charge in [0.15, 0.2) is 0 Å². The molecule has 7 aromatic heterocycles. The predicted octanol–water partition coefficient (Wildman–Crippen LogP) is 44.8. The molecule has 0 bridgehead atoms. The number of rotatable bonds is 10. The van der Waals surface area contributed by atoms with E-state index < -0.39 is 0 Å². The average molecular weight is 2000 g/mol. The molecule has 0 N–H and O–H groups in total. The lowest BCUT2D eigenvalue weighted by Crippen LogP contribution is -1.91. The van der Waals surface area contributed by atoms with Crippen LogP contribution in [0.4, 0.5) is 5.69 Å². The second-order valence-electron chi connectivity index (χ2n) is 36.2. The molecular formula is C141H192N8. The third kappa shape index (κ3) is 44.6. The molecule has 0 amide bonds. The van der Waals surface area contributed by atoms with Crippen LogP contribution in [0.25, 0.3) is 97.9 Å². The van der Waals surface area contributed by atoms with E-state index >= 15 is 0 Å². The number of fused-ring (bicyclic) bond motifs is 10. The zero-order valence-corrected chi connectivity index (χ0v) is 99.7. The maximum atomic E-state index is 4.57. The molecule has 12 aromatic carbocycles. The molecule has 796 valence electrons. The molecule has 0 spiro atoms.